The molecule has 0 aliphatic carbocycles. The Balaban J connectivity index is 1.80. The molecule has 0 radical (unpaired) electrons. The Labute approximate surface area is 193 Å². The van der Waals surface area contributed by atoms with Crippen molar-refractivity contribution in [2.75, 3.05) is 6.61 Å². The minimum absolute atomic E-state index is 0.0839. The minimum atomic E-state index is -4.95. The van der Waals surface area contributed by atoms with E-state index in [1.807, 2.05) is 0 Å². The number of fused-ring (bicyclic) bond motifs is 2. The zero-order valence-corrected chi connectivity index (χ0v) is 19.2. The minimum Gasteiger partial charge on any atom is -0.493 e. The van der Waals surface area contributed by atoms with Crippen LogP contribution in [-0.2, 0) is 18.4 Å². The average Bonchev–Trinajstić information content (AvgIpc) is 3.18. The number of nitrogens with zero attached hydrogens (tertiary/aromatic N) is 2. The molecule has 0 saturated heterocycles. The van der Waals surface area contributed by atoms with Gasteiger partial charge in [-0.3, -0.25) is 4.79 Å². The molecule has 1 aliphatic heterocycles. The quantitative estimate of drug-likeness (QED) is 0.561. The molecule has 1 aliphatic rings. The van der Waals surface area contributed by atoms with E-state index in [1.54, 1.807) is 32.0 Å². The van der Waals surface area contributed by atoms with Gasteiger partial charge in [0, 0.05) is 35.0 Å². The van der Waals surface area contributed by atoms with Crippen LogP contribution in [0.15, 0.2) is 41.5 Å². The molecular weight excluding hydrogens is 457 g/mol. The predicted octanol–water partition coefficient (Wildman–Crippen LogP) is 4.95. The summed E-state index contributed by atoms with van der Waals surface area (Å²) in [7, 11) is 0. The van der Waals surface area contributed by atoms with Crippen LogP contribution in [0.25, 0.3) is 11.0 Å². The third-order valence-electron chi connectivity index (χ3n) is 6.18. The Morgan fingerprint density at radius 2 is 2.00 bits per heavy atom. The van der Waals surface area contributed by atoms with Crippen molar-refractivity contribution in [2.45, 2.75) is 57.3 Å². The Bertz CT molecular complexity index is 1290. The second kappa shape index (κ2) is 8.02. The third kappa shape index (κ3) is 4.22. The number of pyridine rings is 2. The van der Waals surface area contributed by atoms with Gasteiger partial charge in [-0.2, -0.15) is 13.2 Å². The molecule has 176 valence electrons. The smallest absolute Gasteiger partial charge is 0.418 e. The number of benzene rings is 1. The summed E-state index contributed by atoms with van der Waals surface area (Å²) in [4.78, 5) is 16.5. The van der Waals surface area contributed by atoms with Gasteiger partial charge in [0.2, 0.25) is 0 Å². The van der Waals surface area contributed by atoms with Gasteiger partial charge in [-0.15, -0.1) is 0 Å². The molecule has 2 aromatic heterocycles. The second-order valence-corrected chi connectivity index (χ2v) is 9.71. The van der Waals surface area contributed by atoms with Crippen LogP contribution in [0, 0.1) is 6.92 Å². The summed E-state index contributed by atoms with van der Waals surface area (Å²) in [6.07, 6.45) is -2.28. The summed E-state index contributed by atoms with van der Waals surface area (Å²) in [6.45, 7) is 4.39. The first-order valence-electron chi connectivity index (χ1n) is 10.5. The van der Waals surface area contributed by atoms with E-state index in [0.29, 0.717) is 29.4 Å². The molecule has 0 amide bonds. The molecular formula is C24H24ClF3N2O3. The zero-order chi connectivity index (χ0) is 24.2. The van der Waals surface area contributed by atoms with E-state index in [9.17, 15) is 23.1 Å². The Hall–Kier alpha value is -2.58. The van der Waals surface area contributed by atoms with Crippen LogP contribution in [0.3, 0.4) is 0 Å². The monoisotopic (exact) mass is 480 g/mol. The molecule has 5 nitrogen and oxygen atoms in total. The fraction of sp³-hybridized carbons (Fsp3) is 0.417. The van der Waals surface area contributed by atoms with E-state index in [1.165, 1.54) is 30.0 Å². The van der Waals surface area contributed by atoms with Crippen LogP contribution in [0.2, 0.25) is 5.02 Å². The molecule has 1 unspecified atom stereocenters. The van der Waals surface area contributed by atoms with Gasteiger partial charge in [0.1, 0.15) is 11.4 Å². The number of ether oxygens (including phenoxy) is 1. The molecule has 0 bridgehead atoms. The summed E-state index contributed by atoms with van der Waals surface area (Å²) in [6, 6.07) is 6.41. The van der Waals surface area contributed by atoms with Crippen LogP contribution in [0.1, 0.15) is 37.0 Å². The van der Waals surface area contributed by atoms with Gasteiger partial charge < -0.3 is 14.4 Å². The number of aromatic nitrogens is 2. The molecule has 0 saturated carbocycles. The van der Waals surface area contributed by atoms with Crippen molar-refractivity contribution in [3.05, 3.63) is 68.6 Å². The number of alkyl halides is 3. The topological polar surface area (TPSA) is 64.3 Å². The lowest BCUT2D eigenvalue weighted by atomic mass is 9.74. The molecule has 0 spiro atoms. The van der Waals surface area contributed by atoms with Gasteiger partial charge in [-0.1, -0.05) is 25.4 Å². The summed E-state index contributed by atoms with van der Waals surface area (Å²) >= 11 is 6.24. The van der Waals surface area contributed by atoms with E-state index in [-0.39, 0.29) is 22.0 Å². The van der Waals surface area contributed by atoms with E-state index in [0.717, 1.165) is 5.56 Å². The molecule has 0 fully saturated rings. The lowest BCUT2D eigenvalue weighted by Gasteiger charge is -2.39. The van der Waals surface area contributed by atoms with Crippen molar-refractivity contribution in [1.82, 2.24) is 9.55 Å². The summed E-state index contributed by atoms with van der Waals surface area (Å²) in [5, 5.41) is 11.7. The number of hydrogen-bond donors (Lipinski definition) is 1. The van der Waals surface area contributed by atoms with Crippen LogP contribution in [0.4, 0.5) is 13.2 Å². The Morgan fingerprint density at radius 3 is 2.70 bits per heavy atom. The molecule has 33 heavy (non-hydrogen) atoms. The molecule has 9 heteroatoms. The standard InChI is InChI=1S/C24H24ClF3N2O3/c1-14-11-30(21-17(19(14)31)5-4-7-29-21)13-23(32,24(26,27)28)12-22(2,3)18-10-16(25)9-15-6-8-33-20(15)18/h4-5,7,9-11,32H,6,8,12-13H2,1-3H3. The normalized spacial score (nSPS) is 15.9. The molecule has 1 aromatic carbocycles. The Morgan fingerprint density at radius 1 is 1.27 bits per heavy atom. The molecule has 1 atom stereocenters. The van der Waals surface area contributed by atoms with Crippen LogP contribution < -0.4 is 10.2 Å². The van der Waals surface area contributed by atoms with E-state index in [2.05, 4.69) is 4.98 Å². The summed E-state index contributed by atoms with van der Waals surface area (Å²) in [5.41, 5.74) is -2.86. The zero-order valence-electron chi connectivity index (χ0n) is 18.5. The van der Waals surface area contributed by atoms with Gasteiger partial charge in [-0.25, -0.2) is 4.98 Å². The van der Waals surface area contributed by atoms with Gasteiger partial charge >= 0.3 is 6.18 Å². The molecule has 1 N–H and O–H groups in total. The average molecular weight is 481 g/mol. The van der Waals surface area contributed by atoms with Crippen molar-refractivity contribution in [1.29, 1.82) is 0 Å². The highest BCUT2D eigenvalue weighted by atomic mass is 35.5. The first-order chi connectivity index (χ1) is 15.3. The third-order valence-corrected chi connectivity index (χ3v) is 6.40. The van der Waals surface area contributed by atoms with Gasteiger partial charge in [0.15, 0.2) is 11.0 Å². The van der Waals surface area contributed by atoms with Gasteiger partial charge in [0.05, 0.1) is 18.5 Å². The van der Waals surface area contributed by atoms with Crippen molar-refractivity contribution < 1.29 is 23.0 Å². The highest BCUT2D eigenvalue weighted by Gasteiger charge is 2.56. The molecule has 3 heterocycles. The van der Waals surface area contributed by atoms with Crippen molar-refractivity contribution in [3.63, 3.8) is 0 Å². The highest BCUT2D eigenvalue weighted by molar-refractivity contribution is 6.30. The number of halogens is 4. The number of rotatable bonds is 5. The van der Waals surface area contributed by atoms with Crippen LogP contribution in [0.5, 0.6) is 5.75 Å². The maximum Gasteiger partial charge on any atom is 0.418 e. The maximum atomic E-state index is 14.4. The lowest BCUT2D eigenvalue weighted by Crippen LogP contribution is -2.52. The van der Waals surface area contributed by atoms with Gasteiger partial charge in [-0.05, 0) is 48.6 Å². The fourth-order valence-corrected chi connectivity index (χ4v) is 4.86. The van der Waals surface area contributed by atoms with Crippen LogP contribution in [-0.4, -0.2) is 33.0 Å². The number of aliphatic hydroxyl groups is 1. The largest absolute Gasteiger partial charge is 0.493 e. The van der Waals surface area contributed by atoms with Crippen molar-refractivity contribution in [2.24, 2.45) is 0 Å². The number of hydrogen-bond acceptors (Lipinski definition) is 4. The fourth-order valence-electron chi connectivity index (χ4n) is 4.62. The number of aryl methyl sites for hydroxylation is 1. The van der Waals surface area contributed by atoms with E-state index >= 15 is 0 Å². The Kier molecular flexibility index (Phi) is 5.73. The molecule has 4 rings (SSSR count). The summed E-state index contributed by atoms with van der Waals surface area (Å²) < 4.78 is 50.0. The first kappa shape index (κ1) is 23.6. The van der Waals surface area contributed by atoms with Crippen molar-refractivity contribution in [3.8, 4) is 5.75 Å². The lowest BCUT2D eigenvalue weighted by molar-refractivity contribution is -0.271. The predicted molar refractivity (Wildman–Crippen MR) is 120 cm³/mol. The maximum absolute atomic E-state index is 14.4. The first-order valence-corrected chi connectivity index (χ1v) is 10.9. The van der Waals surface area contributed by atoms with E-state index in [4.69, 9.17) is 16.3 Å². The molecule has 3 aromatic rings. The van der Waals surface area contributed by atoms with Crippen molar-refractivity contribution >= 4 is 22.6 Å². The van der Waals surface area contributed by atoms with E-state index < -0.39 is 30.2 Å². The van der Waals surface area contributed by atoms with Gasteiger partial charge in [0.25, 0.3) is 0 Å². The highest BCUT2D eigenvalue weighted by Crippen LogP contribution is 2.47. The second-order valence-electron chi connectivity index (χ2n) is 9.27. The SMILES string of the molecule is Cc1cn(CC(O)(CC(C)(C)c2cc(Cl)cc3c2OCC3)C(F)(F)F)c2ncccc2c1=O. The van der Waals surface area contributed by atoms with Crippen LogP contribution >= 0.6 is 11.6 Å². The summed E-state index contributed by atoms with van der Waals surface area (Å²) in [5.74, 6) is 0.528.